The van der Waals surface area contributed by atoms with Gasteiger partial charge in [-0.2, -0.15) is 0 Å². The minimum Gasteiger partial charge on any atom is -0.477 e. The van der Waals surface area contributed by atoms with E-state index in [0.29, 0.717) is 6.73 Å². The number of nitrogens with zero attached hydrogens (tertiary/aromatic N) is 1. The molecule has 120 valence electrons. The number of hydrogen-bond acceptors (Lipinski definition) is 3. The molecule has 1 aliphatic carbocycles. The summed E-state index contributed by atoms with van der Waals surface area (Å²) in [5.41, 5.74) is 0.579. The molecule has 1 amide bonds. The molecule has 0 radical (unpaired) electrons. The van der Waals surface area contributed by atoms with Crippen molar-refractivity contribution in [2.75, 3.05) is 6.73 Å². The summed E-state index contributed by atoms with van der Waals surface area (Å²) < 4.78 is 5.84. The van der Waals surface area contributed by atoms with Crippen molar-refractivity contribution in [3.05, 3.63) is 28.1 Å². The maximum atomic E-state index is 13.0. The van der Waals surface area contributed by atoms with Crippen molar-refractivity contribution in [1.82, 2.24) is 4.90 Å². The lowest BCUT2D eigenvalue weighted by Gasteiger charge is -2.42. The normalized spacial score (nSPS) is 20.7. The van der Waals surface area contributed by atoms with Gasteiger partial charge in [-0.05, 0) is 44.6 Å². The number of amides is 1. The highest BCUT2D eigenvalue weighted by Gasteiger charge is 2.39. The van der Waals surface area contributed by atoms with Gasteiger partial charge in [0.2, 0.25) is 0 Å². The van der Waals surface area contributed by atoms with E-state index in [1.54, 1.807) is 11.3 Å². The Bertz CT molecular complexity index is 568. The fraction of sp³-hybridized carbons (Fsp3) is 0.611. The highest BCUT2D eigenvalue weighted by molar-refractivity contribution is 7.11. The van der Waals surface area contributed by atoms with E-state index in [4.69, 9.17) is 4.74 Å². The van der Waals surface area contributed by atoms with Crippen LogP contribution in [0.5, 0.6) is 0 Å². The van der Waals surface area contributed by atoms with E-state index < -0.39 is 0 Å². The summed E-state index contributed by atoms with van der Waals surface area (Å²) in [6.07, 6.45) is 6.35. The average Bonchev–Trinajstić information content (AvgIpc) is 3.11. The molecular formula is C18H25NO2S. The SMILES string of the molecule is CC1=C(c2cccs2)C(=O)N(C(C)(C)CC2CCCC2)CO1. The third-order valence-electron chi connectivity index (χ3n) is 4.98. The number of carbonyl (C=O) groups excluding carboxylic acids is 1. The van der Waals surface area contributed by atoms with Gasteiger partial charge in [0.1, 0.15) is 5.76 Å². The zero-order valence-corrected chi connectivity index (χ0v) is 14.5. The van der Waals surface area contributed by atoms with Gasteiger partial charge in [0.15, 0.2) is 6.73 Å². The molecule has 2 aliphatic rings. The van der Waals surface area contributed by atoms with Gasteiger partial charge in [0.25, 0.3) is 5.91 Å². The van der Waals surface area contributed by atoms with Gasteiger partial charge in [-0.25, -0.2) is 0 Å². The Morgan fingerprint density at radius 2 is 2.09 bits per heavy atom. The fourth-order valence-electron chi connectivity index (χ4n) is 3.76. The van der Waals surface area contributed by atoms with Gasteiger partial charge >= 0.3 is 0 Å². The largest absolute Gasteiger partial charge is 0.477 e. The van der Waals surface area contributed by atoms with Crippen molar-refractivity contribution in [1.29, 1.82) is 0 Å². The average molecular weight is 319 g/mol. The number of allylic oxidation sites excluding steroid dienone is 1. The van der Waals surface area contributed by atoms with Crippen molar-refractivity contribution < 1.29 is 9.53 Å². The Kier molecular flexibility index (Phi) is 4.31. The van der Waals surface area contributed by atoms with E-state index in [0.717, 1.165) is 28.5 Å². The first-order valence-corrected chi connectivity index (χ1v) is 9.06. The standard InChI is InChI=1S/C18H25NO2S/c1-13-16(15-9-6-10-22-15)17(20)19(12-21-13)18(2,3)11-14-7-4-5-8-14/h6,9-10,14H,4-5,7-8,11-12H2,1-3H3. The molecule has 1 saturated carbocycles. The van der Waals surface area contributed by atoms with Crippen molar-refractivity contribution in [2.24, 2.45) is 5.92 Å². The Morgan fingerprint density at radius 1 is 1.36 bits per heavy atom. The summed E-state index contributed by atoms with van der Waals surface area (Å²) in [4.78, 5) is 16.0. The van der Waals surface area contributed by atoms with Gasteiger partial charge in [-0.1, -0.05) is 31.7 Å². The third-order valence-corrected chi connectivity index (χ3v) is 5.87. The van der Waals surface area contributed by atoms with Gasteiger partial charge in [-0.15, -0.1) is 11.3 Å². The molecule has 0 spiro atoms. The summed E-state index contributed by atoms with van der Waals surface area (Å²) in [5, 5.41) is 2.01. The smallest absolute Gasteiger partial charge is 0.261 e. The lowest BCUT2D eigenvalue weighted by molar-refractivity contribution is -0.139. The Hall–Kier alpha value is -1.29. The molecular weight excluding hydrogens is 294 g/mol. The van der Waals surface area contributed by atoms with Crippen LogP contribution in [-0.2, 0) is 9.53 Å². The lowest BCUT2D eigenvalue weighted by atomic mass is 9.87. The van der Waals surface area contributed by atoms with E-state index in [9.17, 15) is 4.79 Å². The highest BCUT2D eigenvalue weighted by Crippen LogP contribution is 2.38. The molecule has 0 atom stereocenters. The predicted octanol–water partition coefficient (Wildman–Crippen LogP) is 4.65. The molecule has 0 saturated heterocycles. The summed E-state index contributed by atoms with van der Waals surface area (Å²) in [6, 6.07) is 3.98. The topological polar surface area (TPSA) is 29.5 Å². The molecule has 1 aromatic heterocycles. The van der Waals surface area contributed by atoms with E-state index in [2.05, 4.69) is 13.8 Å². The number of thiophene rings is 1. The van der Waals surface area contributed by atoms with Gasteiger partial charge in [0, 0.05) is 10.4 Å². The quantitative estimate of drug-likeness (QED) is 0.808. The van der Waals surface area contributed by atoms with E-state index in [-0.39, 0.29) is 11.4 Å². The van der Waals surface area contributed by atoms with Crippen molar-refractivity contribution in [3.63, 3.8) is 0 Å². The van der Waals surface area contributed by atoms with Crippen molar-refractivity contribution in [3.8, 4) is 0 Å². The number of carbonyl (C=O) groups is 1. The zero-order chi connectivity index (χ0) is 15.7. The van der Waals surface area contributed by atoms with Crippen LogP contribution in [0.4, 0.5) is 0 Å². The molecule has 0 aromatic carbocycles. The molecule has 2 heterocycles. The maximum Gasteiger partial charge on any atom is 0.261 e. The monoisotopic (exact) mass is 319 g/mol. The van der Waals surface area contributed by atoms with Crippen LogP contribution < -0.4 is 0 Å². The Labute approximate surface area is 137 Å². The second-order valence-corrected chi connectivity index (χ2v) is 8.03. The summed E-state index contributed by atoms with van der Waals surface area (Å²) in [6.45, 7) is 6.63. The number of hydrogen-bond donors (Lipinski definition) is 0. The summed E-state index contributed by atoms with van der Waals surface area (Å²) >= 11 is 1.60. The van der Waals surface area contributed by atoms with Crippen LogP contribution in [-0.4, -0.2) is 23.1 Å². The first-order chi connectivity index (χ1) is 10.5. The lowest BCUT2D eigenvalue weighted by Crippen LogP contribution is -2.51. The van der Waals surface area contributed by atoms with Crippen LogP contribution in [0, 0.1) is 5.92 Å². The van der Waals surface area contributed by atoms with Crippen molar-refractivity contribution in [2.45, 2.75) is 58.4 Å². The van der Waals surface area contributed by atoms with Crippen LogP contribution in [0.3, 0.4) is 0 Å². The molecule has 0 unspecified atom stereocenters. The third kappa shape index (κ3) is 2.94. The fourth-order valence-corrected chi connectivity index (χ4v) is 4.57. The van der Waals surface area contributed by atoms with Gasteiger partial charge in [-0.3, -0.25) is 4.79 Å². The van der Waals surface area contributed by atoms with E-state index in [1.165, 1.54) is 25.7 Å². The van der Waals surface area contributed by atoms with Gasteiger partial charge < -0.3 is 9.64 Å². The van der Waals surface area contributed by atoms with Crippen LogP contribution >= 0.6 is 11.3 Å². The van der Waals surface area contributed by atoms with Crippen LogP contribution in [0.2, 0.25) is 0 Å². The predicted molar refractivity (Wildman–Crippen MR) is 90.4 cm³/mol. The molecule has 3 nitrogen and oxygen atoms in total. The second-order valence-electron chi connectivity index (χ2n) is 7.08. The second kappa shape index (κ2) is 6.07. The molecule has 1 aliphatic heterocycles. The van der Waals surface area contributed by atoms with Crippen molar-refractivity contribution >= 4 is 22.8 Å². The Morgan fingerprint density at radius 3 is 2.73 bits per heavy atom. The van der Waals surface area contributed by atoms with Crippen LogP contribution in [0.25, 0.3) is 5.57 Å². The number of rotatable bonds is 4. The minimum atomic E-state index is -0.157. The molecule has 0 bridgehead atoms. The molecule has 0 N–H and O–H groups in total. The number of ether oxygens (including phenoxy) is 1. The summed E-state index contributed by atoms with van der Waals surface area (Å²) in [7, 11) is 0. The molecule has 1 fully saturated rings. The van der Waals surface area contributed by atoms with Gasteiger partial charge in [0.05, 0.1) is 5.57 Å². The van der Waals surface area contributed by atoms with E-state index >= 15 is 0 Å². The first kappa shape index (κ1) is 15.6. The highest BCUT2D eigenvalue weighted by atomic mass is 32.1. The molecule has 3 rings (SSSR count). The van der Waals surface area contributed by atoms with Crippen LogP contribution in [0.1, 0.15) is 57.8 Å². The molecule has 1 aromatic rings. The maximum absolute atomic E-state index is 13.0. The van der Waals surface area contributed by atoms with E-state index in [1.807, 2.05) is 29.3 Å². The summed E-state index contributed by atoms with van der Waals surface area (Å²) in [5.74, 6) is 1.62. The minimum absolute atomic E-state index is 0.120. The first-order valence-electron chi connectivity index (χ1n) is 8.18. The molecule has 4 heteroatoms. The molecule has 22 heavy (non-hydrogen) atoms. The van der Waals surface area contributed by atoms with Crippen LogP contribution in [0.15, 0.2) is 23.3 Å². The zero-order valence-electron chi connectivity index (χ0n) is 13.7. The Balaban J connectivity index is 1.81.